The number of carbonyl (C=O) groups excluding carboxylic acids is 3. The lowest BCUT2D eigenvalue weighted by atomic mass is 9.79. The van der Waals surface area contributed by atoms with Gasteiger partial charge in [0.2, 0.25) is 11.8 Å². The molecule has 7 heteroatoms. The molecule has 1 saturated heterocycles. The number of hydrogen-bond donors (Lipinski definition) is 2. The highest BCUT2D eigenvalue weighted by atomic mass is 16.6. The summed E-state index contributed by atoms with van der Waals surface area (Å²) in [5, 5.41) is 2.83. The number of carbonyl (C=O) groups is 3. The second kappa shape index (κ2) is 5.22. The number of hydrogen-bond acceptors (Lipinski definition) is 4. The van der Waals surface area contributed by atoms with E-state index in [4.69, 9.17) is 10.5 Å². The Morgan fingerprint density at radius 2 is 2.00 bits per heavy atom. The van der Waals surface area contributed by atoms with Gasteiger partial charge < -0.3 is 15.8 Å². The predicted octanol–water partition coefficient (Wildman–Crippen LogP) is 1.37. The monoisotopic (exact) mass is 331 g/mol. The maximum Gasteiger partial charge on any atom is 0.411 e. The SMILES string of the molecule is CC(C)(C)OC(=O)N1C[C@@]2(C[C@H]1C(N)=O)C(=O)Nc1ccccc12. The molecule has 1 spiro atoms. The molecule has 2 aliphatic rings. The first-order valence-electron chi connectivity index (χ1n) is 7.84. The molecule has 0 unspecified atom stereocenters. The van der Waals surface area contributed by atoms with Gasteiger partial charge in [-0.15, -0.1) is 0 Å². The van der Waals surface area contributed by atoms with E-state index >= 15 is 0 Å². The third kappa shape index (κ3) is 2.50. The number of likely N-dealkylation sites (tertiary alicyclic amines) is 1. The van der Waals surface area contributed by atoms with Gasteiger partial charge in [-0.05, 0) is 38.8 Å². The van der Waals surface area contributed by atoms with Crippen molar-refractivity contribution in [3.63, 3.8) is 0 Å². The molecular formula is C17H21N3O4. The van der Waals surface area contributed by atoms with Crippen LogP contribution in [0.3, 0.4) is 0 Å². The zero-order valence-corrected chi connectivity index (χ0v) is 14.0. The summed E-state index contributed by atoms with van der Waals surface area (Å²) in [7, 11) is 0. The highest BCUT2D eigenvalue weighted by Gasteiger charge is 2.57. The topological polar surface area (TPSA) is 102 Å². The van der Waals surface area contributed by atoms with Gasteiger partial charge in [0, 0.05) is 12.2 Å². The summed E-state index contributed by atoms with van der Waals surface area (Å²) in [4.78, 5) is 38.3. The Kier molecular flexibility index (Phi) is 3.55. The van der Waals surface area contributed by atoms with Crippen molar-refractivity contribution in [2.45, 2.75) is 44.2 Å². The second-order valence-corrected chi connectivity index (χ2v) is 7.31. The lowest BCUT2D eigenvalue weighted by molar-refractivity contribution is -0.122. The number of nitrogens with two attached hydrogens (primary N) is 1. The first kappa shape index (κ1) is 16.3. The summed E-state index contributed by atoms with van der Waals surface area (Å²) in [6.07, 6.45) is -0.481. The average molecular weight is 331 g/mol. The smallest absolute Gasteiger partial charge is 0.411 e. The molecule has 3 N–H and O–H groups in total. The van der Waals surface area contributed by atoms with Gasteiger partial charge in [-0.25, -0.2) is 4.79 Å². The molecule has 128 valence electrons. The van der Waals surface area contributed by atoms with E-state index in [1.807, 2.05) is 18.2 Å². The second-order valence-electron chi connectivity index (χ2n) is 7.31. The molecular weight excluding hydrogens is 310 g/mol. The minimum absolute atomic E-state index is 0.0678. The Balaban J connectivity index is 1.98. The quantitative estimate of drug-likeness (QED) is 0.811. The predicted molar refractivity (Wildman–Crippen MR) is 87.3 cm³/mol. The molecule has 1 fully saturated rings. The fourth-order valence-electron chi connectivity index (χ4n) is 3.41. The average Bonchev–Trinajstić information content (AvgIpc) is 2.99. The molecule has 1 aromatic carbocycles. The molecule has 3 rings (SSSR count). The summed E-state index contributed by atoms with van der Waals surface area (Å²) in [6.45, 7) is 5.30. The van der Waals surface area contributed by atoms with Crippen LogP contribution < -0.4 is 11.1 Å². The number of ether oxygens (including phenoxy) is 1. The van der Waals surface area contributed by atoms with Crippen LogP contribution >= 0.6 is 0 Å². The number of primary amides is 1. The van der Waals surface area contributed by atoms with E-state index in [-0.39, 0.29) is 18.9 Å². The van der Waals surface area contributed by atoms with Crippen LogP contribution in [0.4, 0.5) is 10.5 Å². The number of nitrogens with one attached hydrogen (secondary N) is 1. The van der Waals surface area contributed by atoms with E-state index in [2.05, 4.69) is 5.32 Å². The van der Waals surface area contributed by atoms with Crippen molar-refractivity contribution in [1.29, 1.82) is 0 Å². The van der Waals surface area contributed by atoms with Gasteiger partial charge in [-0.1, -0.05) is 18.2 Å². The number of amides is 3. The van der Waals surface area contributed by atoms with E-state index in [1.54, 1.807) is 26.8 Å². The highest BCUT2D eigenvalue weighted by molar-refractivity contribution is 6.08. The van der Waals surface area contributed by atoms with E-state index in [1.165, 1.54) is 4.90 Å². The summed E-state index contributed by atoms with van der Waals surface area (Å²) in [6, 6.07) is 6.42. The Bertz CT molecular complexity index is 725. The first-order valence-corrected chi connectivity index (χ1v) is 7.84. The van der Waals surface area contributed by atoms with Gasteiger partial charge in [0.1, 0.15) is 11.6 Å². The number of rotatable bonds is 1. The van der Waals surface area contributed by atoms with Crippen LogP contribution in [0.5, 0.6) is 0 Å². The van der Waals surface area contributed by atoms with Crippen LogP contribution in [0.2, 0.25) is 0 Å². The van der Waals surface area contributed by atoms with Crippen molar-refractivity contribution >= 4 is 23.6 Å². The van der Waals surface area contributed by atoms with Gasteiger partial charge in [-0.3, -0.25) is 14.5 Å². The van der Waals surface area contributed by atoms with Crippen molar-refractivity contribution in [3.8, 4) is 0 Å². The Morgan fingerprint density at radius 3 is 2.62 bits per heavy atom. The minimum Gasteiger partial charge on any atom is -0.444 e. The summed E-state index contributed by atoms with van der Waals surface area (Å²) < 4.78 is 5.38. The van der Waals surface area contributed by atoms with Gasteiger partial charge in [-0.2, -0.15) is 0 Å². The molecule has 2 aliphatic heterocycles. The molecule has 7 nitrogen and oxygen atoms in total. The van der Waals surface area contributed by atoms with Crippen LogP contribution in [-0.2, 0) is 19.7 Å². The molecule has 24 heavy (non-hydrogen) atoms. The Morgan fingerprint density at radius 1 is 1.33 bits per heavy atom. The van der Waals surface area contributed by atoms with Crippen LogP contribution in [0.15, 0.2) is 24.3 Å². The van der Waals surface area contributed by atoms with Crippen molar-refractivity contribution in [1.82, 2.24) is 4.90 Å². The standard InChI is InChI=1S/C17H21N3O4/c1-16(2,3)24-15(23)20-9-17(8-12(20)13(18)21)10-6-4-5-7-11(10)19-14(17)22/h4-7,12H,8-9H2,1-3H3,(H2,18,21)(H,19,22)/t12-,17+/m0/s1. The fourth-order valence-corrected chi connectivity index (χ4v) is 3.41. The van der Waals surface area contributed by atoms with Crippen molar-refractivity contribution < 1.29 is 19.1 Å². The molecule has 0 bridgehead atoms. The molecule has 0 aliphatic carbocycles. The van der Waals surface area contributed by atoms with Gasteiger partial charge in [0.15, 0.2) is 0 Å². The number of anilines is 1. The molecule has 1 aromatic rings. The number of para-hydroxylation sites is 1. The molecule has 2 heterocycles. The van der Waals surface area contributed by atoms with Crippen molar-refractivity contribution in [2.75, 3.05) is 11.9 Å². The molecule has 0 saturated carbocycles. The fraction of sp³-hybridized carbons (Fsp3) is 0.471. The van der Waals surface area contributed by atoms with E-state index in [0.29, 0.717) is 5.69 Å². The highest BCUT2D eigenvalue weighted by Crippen LogP contribution is 2.46. The van der Waals surface area contributed by atoms with Gasteiger partial charge in [0.05, 0.1) is 5.41 Å². The van der Waals surface area contributed by atoms with E-state index in [0.717, 1.165) is 5.56 Å². The molecule has 0 aromatic heterocycles. The molecule has 2 atom stereocenters. The largest absolute Gasteiger partial charge is 0.444 e. The number of fused-ring (bicyclic) bond motifs is 2. The Labute approximate surface area is 140 Å². The van der Waals surface area contributed by atoms with Gasteiger partial charge in [0.25, 0.3) is 0 Å². The third-order valence-corrected chi connectivity index (χ3v) is 4.44. The normalized spacial score (nSPS) is 25.5. The molecule has 0 radical (unpaired) electrons. The maximum atomic E-state index is 12.6. The van der Waals surface area contributed by atoms with Crippen LogP contribution in [0.25, 0.3) is 0 Å². The first-order chi connectivity index (χ1) is 11.1. The van der Waals surface area contributed by atoms with Crippen LogP contribution in [-0.4, -0.2) is 41.0 Å². The summed E-state index contributed by atoms with van der Waals surface area (Å²) in [5.74, 6) is -0.865. The van der Waals surface area contributed by atoms with E-state index in [9.17, 15) is 14.4 Å². The lowest BCUT2D eigenvalue weighted by Gasteiger charge is -2.27. The number of benzene rings is 1. The van der Waals surface area contributed by atoms with Crippen LogP contribution in [0.1, 0.15) is 32.8 Å². The molecule has 3 amide bonds. The van der Waals surface area contributed by atoms with E-state index < -0.39 is 29.1 Å². The third-order valence-electron chi connectivity index (χ3n) is 4.44. The van der Waals surface area contributed by atoms with Gasteiger partial charge >= 0.3 is 6.09 Å². The van der Waals surface area contributed by atoms with Crippen LogP contribution in [0, 0.1) is 0 Å². The minimum atomic E-state index is -0.965. The summed E-state index contributed by atoms with van der Waals surface area (Å²) in [5.41, 5.74) is 5.31. The number of nitrogens with zero attached hydrogens (tertiary/aromatic N) is 1. The lowest BCUT2D eigenvalue weighted by Crippen LogP contribution is -2.46. The zero-order valence-electron chi connectivity index (χ0n) is 14.0. The van der Waals surface area contributed by atoms with Crippen molar-refractivity contribution in [2.24, 2.45) is 5.73 Å². The summed E-state index contributed by atoms with van der Waals surface area (Å²) >= 11 is 0. The Hall–Kier alpha value is -2.57. The maximum absolute atomic E-state index is 12.6. The zero-order chi connectivity index (χ0) is 17.7. The van der Waals surface area contributed by atoms with Crippen molar-refractivity contribution in [3.05, 3.63) is 29.8 Å².